The first kappa shape index (κ1) is 16.0. The van der Waals surface area contributed by atoms with Gasteiger partial charge in [-0.2, -0.15) is 0 Å². The molecule has 0 saturated carbocycles. The lowest BCUT2D eigenvalue weighted by Crippen LogP contribution is -2.45. The fourth-order valence-corrected chi connectivity index (χ4v) is 1.84. The van der Waals surface area contributed by atoms with Crippen molar-refractivity contribution in [3.63, 3.8) is 0 Å². The van der Waals surface area contributed by atoms with Crippen LogP contribution >= 0.6 is 0 Å². The summed E-state index contributed by atoms with van der Waals surface area (Å²) in [7, 11) is 0. The third-order valence-corrected chi connectivity index (χ3v) is 3.24. The third-order valence-electron chi connectivity index (χ3n) is 3.24. The topological polar surface area (TPSA) is 21.3 Å². The van der Waals surface area contributed by atoms with Crippen LogP contribution in [0.2, 0.25) is 0 Å². The molecule has 0 aliphatic carbocycles. The molecule has 0 bridgehead atoms. The molecule has 108 valence electrons. The molecule has 0 aliphatic rings. The Morgan fingerprint density at radius 1 is 1.32 bits per heavy atom. The second kappa shape index (κ2) is 6.90. The SMILES string of the molecule is CCCNC(COc1cc(F)ccc1C)C(C)(C)C. The molecule has 0 radical (unpaired) electrons. The van der Waals surface area contributed by atoms with Gasteiger partial charge in [-0.25, -0.2) is 4.39 Å². The number of hydrogen-bond acceptors (Lipinski definition) is 2. The van der Waals surface area contributed by atoms with E-state index < -0.39 is 0 Å². The highest BCUT2D eigenvalue weighted by molar-refractivity contribution is 5.32. The molecule has 1 aromatic carbocycles. The van der Waals surface area contributed by atoms with E-state index in [1.54, 1.807) is 6.07 Å². The maximum absolute atomic E-state index is 13.2. The number of rotatable bonds is 6. The molecular weight excluding hydrogens is 241 g/mol. The number of ether oxygens (including phenoxy) is 1. The van der Waals surface area contributed by atoms with Crippen molar-refractivity contribution in [2.45, 2.75) is 47.1 Å². The van der Waals surface area contributed by atoms with Crippen LogP contribution in [-0.2, 0) is 0 Å². The molecule has 0 aromatic heterocycles. The van der Waals surface area contributed by atoms with Crippen molar-refractivity contribution in [3.05, 3.63) is 29.6 Å². The van der Waals surface area contributed by atoms with E-state index in [2.05, 4.69) is 33.0 Å². The molecule has 1 atom stereocenters. The molecule has 19 heavy (non-hydrogen) atoms. The summed E-state index contributed by atoms with van der Waals surface area (Å²) < 4.78 is 19.0. The van der Waals surface area contributed by atoms with Crippen LogP contribution in [0.15, 0.2) is 18.2 Å². The van der Waals surface area contributed by atoms with Gasteiger partial charge in [-0.3, -0.25) is 0 Å². The summed E-state index contributed by atoms with van der Waals surface area (Å²) in [5.74, 6) is 0.377. The van der Waals surface area contributed by atoms with E-state index in [0.29, 0.717) is 12.4 Å². The fourth-order valence-electron chi connectivity index (χ4n) is 1.84. The second-order valence-corrected chi connectivity index (χ2v) is 6.09. The van der Waals surface area contributed by atoms with Crippen LogP contribution < -0.4 is 10.1 Å². The van der Waals surface area contributed by atoms with E-state index in [1.807, 2.05) is 6.92 Å². The summed E-state index contributed by atoms with van der Waals surface area (Å²) in [5.41, 5.74) is 1.07. The number of halogens is 1. The van der Waals surface area contributed by atoms with Gasteiger partial charge in [0.05, 0.1) is 0 Å². The zero-order valence-electron chi connectivity index (χ0n) is 12.7. The predicted molar refractivity (Wildman–Crippen MR) is 78.2 cm³/mol. The Balaban J connectivity index is 2.67. The van der Waals surface area contributed by atoms with E-state index in [4.69, 9.17) is 4.74 Å². The van der Waals surface area contributed by atoms with Crippen molar-refractivity contribution >= 4 is 0 Å². The smallest absolute Gasteiger partial charge is 0.126 e. The van der Waals surface area contributed by atoms with Gasteiger partial charge < -0.3 is 10.1 Å². The Morgan fingerprint density at radius 3 is 2.58 bits per heavy atom. The van der Waals surface area contributed by atoms with Gasteiger partial charge in [0.1, 0.15) is 18.2 Å². The minimum absolute atomic E-state index is 0.108. The molecule has 0 aliphatic heterocycles. The van der Waals surface area contributed by atoms with Gasteiger partial charge in [-0.05, 0) is 36.9 Å². The molecule has 1 N–H and O–H groups in total. The molecule has 0 fully saturated rings. The first-order valence-corrected chi connectivity index (χ1v) is 6.97. The second-order valence-electron chi connectivity index (χ2n) is 6.09. The Labute approximate surface area is 116 Å². The molecule has 1 aromatic rings. The Morgan fingerprint density at radius 2 is 2.00 bits per heavy atom. The number of nitrogens with one attached hydrogen (secondary N) is 1. The van der Waals surface area contributed by atoms with Crippen molar-refractivity contribution in [3.8, 4) is 5.75 Å². The summed E-state index contributed by atoms with van der Waals surface area (Å²) in [6, 6.07) is 4.90. The summed E-state index contributed by atoms with van der Waals surface area (Å²) in [6.07, 6.45) is 1.09. The first-order chi connectivity index (χ1) is 8.84. The minimum Gasteiger partial charge on any atom is -0.492 e. The maximum atomic E-state index is 13.2. The van der Waals surface area contributed by atoms with Crippen LogP contribution in [0.4, 0.5) is 4.39 Å². The van der Waals surface area contributed by atoms with Crippen molar-refractivity contribution in [1.29, 1.82) is 0 Å². The summed E-state index contributed by atoms with van der Waals surface area (Å²) in [5, 5.41) is 3.49. The monoisotopic (exact) mass is 267 g/mol. The predicted octanol–water partition coefficient (Wildman–Crippen LogP) is 3.93. The minimum atomic E-state index is -0.255. The summed E-state index contributed by atoms with van der Waals surface area (Å²) in [6.45, 7) is 12.1. The number of hydrogen-bond donors (Lipinski definition) is 1. The molecule has 0 heterocycles. The number of benzene rings is 1. The number of aryl methyl sites for hydroxylation is 1. The summed E-state index contributed by atoms with van der Waals surface area (Å²) in [4.78, 5) is 0. The van der Waals surface area contributed by atoms with Gasteiger partial charge in [-0.15, -0.1) is 0 Å². The normalized spacial score (nSPS) is 13.4. The lowest BCUT2D eigenvalue weighted by atomic mass is 9.87. The van der Waals surface area contributed by atoms with Crippen molar-refractivity contribution in [1.82, 2.24) is 5.32 Å². The van der Waals surface area contributed by atoms with Crippen LogP contribution in [0.5, 0.6) is 5.75 Å². The van der Waals surface area contributed by atoms with Gasteiger partial charge >= 0.3 is 0 Å². The van der Waals surface area contributed by atoms with Gasteiger partial charge in [-0.1, -0.05) is 33.8 Å². The van der Waals surface area contributed by atoms with E-state index in [1.165, 1.54) is 12.1 Å². The van der Waals surface area contributed by atoms with E-state index >= 15 is 0 Å². The average molecular weight is 267 g/mol. The Bertz CT molecular complexity index is 398. The highest BCUT2D eigenvalue weighted by atomic mass is 19.1. The van der Waals surface area contributed by atoms with Crippen LogP contribution in [0, 0.1) is 18.2 Å². The average Bonchev–Trinajstić information content (AvgIpc) is 2.31. The Hall–Kier alpha value is -1.09. The molecule has 1 rings (SSSR count). The molecule has 0 amide bonds. The quantitative estimate of drug-likeness (QED) is 0.843. The van der Waals surface area contributed by atoms with Crippen LogP contribution in [0.1, 0.15) is 39.7 Å². The lowest BCUT2D eigenvalue weighted by Gasteiger charge is -2.31. The highest BCUT2D eigenvalue weighted by Crippen LogP contribution is 2.23. The van der Waals surface area contributed by atoms with Gasteiger partial charge in [0.2, 0.25) is 0 Å². The molecule has 2 nitrogen and oxygen atoms in total. The Kier molecular flexibility index (Phi) is 5.80. The lowest BCUT2D eigenvalue weighted by molar-refractivity contribution is 0.173. The van der Waals surface area contributed by atoms with Crippen molar-refractivity contribution in [2.24, 2.45) is 5.41 Å². The highest BCUT2D eigenvalue weighted by Gasteiger charge is 2.24. The molecule has 0 saturated heterocycles. The van der Waals surface area contributed by atoms with Crippen LogP contribution in [-0.4, -0.2) is 19.2 Å². The maximum Gasteiger partial charge on any atom is 0.126 e. The van der Waals surface area contributed by atoms with Crippen LogP contribution in [0.3, 0.4) is 0 Å². The molecule has 0 spiro atoms. The van der Waals surface area contributed by atoms with Gasteiger partial charge in [0.25, 0.3) is 0 Å². The van der Waals surface area contributed by atoms with E-state index in [0.717, 1.165) is 18.5 Å². The van der Waals surface area contributed by atoms with Crippen LogP contribution in [0.25, 0.3) is 0 Å². The fraction of sp³-hybridized carbons (Fsp3) is 0.625. The molecular formula is C16H26FNO. The zero-order valence-corrected chi connectivity index (χ0v) is 12.7. The van der Waals surface area contributed by atoms with Gasteiger partial charge in [0.15, 0.2) is 0 Å². The summed E-state index contributed by atoms with van der Waals surface area (Å²) >= 11 is 0. The molecule has 3 heteroatoms. The van der Waals surface area contributed by atoms with Crippen molar-refractivity contribution < 1.29 is 9.13 Å². The van der Waals surface area contributed by atoms with E-state index in [-0.39, 0.29) is 17.3 Å². The first-order valence-electron chi connectivity index (χ1n) is 6.97. The third kappa shape index (κ3) is 5.19. The largest absolute Gasteiger partial charge is 0.492 e. The molecule has 1 unspecified atom stereocenters. The zero-order chi connectivity index (χ0) is 14.5. The van der Waals surface area contributed by atoms with Crippen molar-refractivity contribution in [2.75, 3.05) is 13.2 Å². The van der Waals surface area contributed by atoms with Gasteiger partial charge in [0, 0.05) is 12.1 Å². The van der Waals surface area contributed by atoms with E-state index in [9.17, 15) is 4.39 Å². The standard InChI is InChI=1S/C16H26FNO/c1-6-9-18-15(16(3,4)5)11-19-14-10-13(17)8-7-12(14)2/h7-8,10,15,18H,6,9,11H2,1-5H3.